The van der Waals surface area contributed by atoms with E-state index in [0.717, 1.165) is 21.9 Å². The van der Waals surface area contributed by atoms with Gasteiger partial charge < -0.3 is 14.8 Å². The van der Waals surface area contributed by atoms with Crippen LogP contribution in [0.3, 0.4) is 0 Å². The standard InChI is InChI=1S/C17H26BrNO2/c1-5-20-15-9-13(14(18)10-16(15)21-6-2)17(19-4)11(3)12-7-8-12/h9-12,17,19H,5-8H2,1-4H3. The van der Waals surface area contributed by atoms with Crippen LogP contribution in [0.4, 0.5) is 0 Å². The SMILES string of the molecule is CCOc1cc(Br)c(C(NC)C(C)C2CC2)cc1OCC. The summed E-state index contributed by atoms with van der Waals surface area (Å²) in [7, 11) is 2.03. The Balaban J connectivity index is 2.34. The Bertz CT molecular complexity index is 474. The Hall–Kier alpha value is -0.740. The highest BCUT2D eigenvalue weighted by atomic mass is 79.9. The van der Waals surface area contributed by atoms with Gasteiger partial charge in [-0.05, 0) is 63.3 Å². The first-order chi connectivity index (χ1) is 10.1. The van der Waals surface area contributed by atoms with Crippen molar-refractivity contribution < 1.29 is 9.47 Å². The molecule has 0 heterocycles. The Morgan fingerprint density at radius 1 is 1.19 bits per heavy atom. The Morgan fingerprint density at radius 2 is 1.76 bits per heavy atom. The first-order valence-electron chi connectivity index (χ1n) is 7.88. The summed E-state index contributed by atoms with van der Waals surface area (Å²) in [5, 5.41) is 3.47. The van der Waals surface area contributed by atoms with Gasteiger partial charge in [-0.1, -0.05) is 22.9 Å². The van der Waals surface area contributed by atoms with Gasteiger partial charge in [0, 0.05) is 10.5 Å². The lowest BCUT2D eigenvalue weighted by Crippen LogP contribution is -2.25. The number of rotatable bonds is 8. The predicted octanol–water partition coefficient (Wildman–Crippen LogP) is 4.55. The Kier molecular flexibility index (Phi) is 5.94. The molecule has 2 atom stereocenters. The van der Waals surface area contributed by atoms with Crippen LogP contribution in [0.25, 0.3) is 0 Å². The summed E-state index contributed by atoms with van der Waals surface area (Å²) in [4.78, 5) is 0. The number of hydrogen-bond acceptors (Lipinski definition) is 3. The van der Waals surface area contributed by atoms with E-state index in [4.69, 9.17) is 9.47 Å². The summed E-state index contributed by atoms with van der Waals surface area (Å²) in [6.07, 6.45) is 2.71. The minimum atomic E-state index is 0.335. The molecule has 0 aromatic heterocycles. The predicted molar refractivity (Wildman–Crippen MR) is 90.2 cm³/mol. The van der Waals surface area contributed by atoms with Crippen LogP contribution in [-0.4, -0.2) is 20.3 Å². The van der Waals surface area contributed by atoms with Crippen LogP contribution < -0.4 is 14.8 Å². The maximum absolute atomic E-state index is 5.76. The van der Waals surface area contributed by atoms with E-state index in [-0.39, 0.29) is 0 Å². The topological polar surface area (TPSA) is 30.5 Å². The molecule has 0 radical (unpaired) electrons. The van der Waals surface area contributed by atoms with Gasteiger partial charge in [0.15, 0.2) is 11.5 Å². The van der Waals surface area contributed by atoms with Crippen LogP contribution >= 0.6 is 15.9 Å². The fourth-order valence-corrected chi connectivity index (χ4v) is 3.49. The molecule has 0 amide bonds. The Morgan fingerprint density at radius 3 is 2.24 bits per heavy atom. The van der Waals surface area contributed by atoms with Gasteiger partial charge in [-0.25, -0.2) is 0 Å². The van der Waals surface area contributed by atoms with Crippen molar-refractivity contribution in [3.63, 3.8) is 0 Å². The van der Waals surface area contributed by atoms with Gasteiger partial charge in [-0.15, -0.1) is 0 Å². The zero-order chi connectivity index (χ0) is 15.4. The van der Waals surface area contributed by atoms with E-state index in [9.17, 15) is 0 Å². The van der Waals surface area contributed by atoms with Gasteiger partial charge in [0.05, 0.1) is 13.2 Å². The second kappa shape index (κ2) is 7.50. The molecule has 21 heavy (non-hydrogen) atoms. The molecule has 0 saturated heterocycles. The molecule has 3 nitrogen and oxygen atoms in total. The van der Waals surface area contributed by atoms with Gasteiger partial charge in [-0.3, -0.25) is 0 Å². The van der Waals surface area contributed by atoms with E-state index >= 15 is 0 Å². The second-order valence-corrected chi connectivity index (χ2v) is 6.50. The largest absolute Gasteiger partial charge is 0.490 e. The van der Waals surface area contributed by atoms with Crippen molar-refractivity contribution in [2.75, 3.05) is 20.3 Å². The highest BCUT2D eigenvalue weighted by molar-refractivity contribution is 9.10. The van der Waals surface area contributed by atoms with Crippen molar-refractivity contribution in [2.24, 2.45) is 11.8 Å². The van der Waals surface area contributed by atoms with Crippen molar-refractivity contribution in [1.82, 2.24) is 5.32 Å². The molecule has 1 saturated carbocycles. The molecule has 118 valence electrons. The molecule has 1 N–H and O–H groups in total. The van der Waals surface area contributed by atoms with E-state index in [1.54, 1.807) is 0 Å². The quantitative estimate of drug-likeness (QED) is 0.741. The van der Waals surface area contributed by atoms with E-state index in [1.807, 2.05) is 27.0 Å². The van der Waals surface area contributed by atoms with Gasteiger partial charge >= 0.3 is 0 Å². The average Bonchev–Trinajstić information content (AvgIpc) is 3.29. The fraction of sp³-hybridized carbons (Fsp3) is 0.647. The van der Waals surface area contributed by atoms with Crippen molar-refractivity contribution in [3.05, 3.63) is 22.2 Å². The molecule has 0 bridgehead atoms. The van der Waals surface area contributed by atoms with Gasteiger partial charge in [0.2, 0.25) is 0 Å². The summed E-state index contributed by atoms with van der Waals surface area (Å²) in [6, 6.07) is 4.49. The summed E-state index contributed by atoms with van der Waals surface area (Å²) in [6.45, 7) is 7.61. The van der Waals surface area contributed by atoms with Crippen LogP contribution in [-0.2, 0) is 0 Å². The second-order valence-electron chi connectivity index (χ2n) is 5.65. The summed E-state index contributed by atoms with van der Waals surface area (Å²) in [5.74, 6) is 3.11. The molecule has 1 fully saturated rings. The first-order valence-corrected chi connectivity index (χ1v) is 8.67. The number of benzene rings is 1. The minimum absolute atomic E-state index is 0.335. The molecular weight excluding hydrogens is 330 g/mol. The molecule has 2 unspecified atom stereocenters. The van der Waals surface area contributed by atoms with Gasteiger partial charge in [0.1, 0.15) is 0 Å². The third-order valence-electron chi connectivity index (χ3n) is 4.20. The lowest BCUT2D eigenvalue weighted by molar-refractivity contribution is 0.285. The summed E-state index contributed by atoms with van der Waals surface area (Å²) >= 11 is 3.71. The molecule has 1 aromatic rings. The monoisotopic (exact) mass is 355 g/mol. The van der Waals surface area contributed by atoms with Crippen LogP contribution in [0, 0.1) is 11.8 Å². The highest BCUT2D eigenvalue weighted by Crippen LogP contribution is 2.45. The molecule has 1 aliphatic carbocycles. The van der Waals surface area contributed by atoms with Crippen LogP contribution in [0.1, 0.15) is 45.2 Å². The van der Waals surface area contributed by atoms with Crippen molar-refractivity contribution in [1.29, 1.82) is 0 Å². The Labute approximate surface area is 136 Å². The zero-order valence-electron chi connectivity index (χ0n) is 13.4. The molecule has 1 aliphatic rings. The van der Waals surface area contributed by atoms with Crippen molar-refractivity contribution in [2.45, 2.75) is 39.7 Å². The summed E-state index contributed by atoms with van der Waals surface area (Å²) < 4.78 is 12.5. The number of ether oxygens (including phenoxy) is 2. The fourth-order valence-electron chi connectivity index (χ4n) is 2.92. The molecule has 0 aliphatic heterocycles. The van der Waals surface area contributed by atoms with E-state index in [0.29, 0.717) is 25.2 Å². The van der Waals surface area contributed by atoms with Crippen LogP contribution in [0.5, 0.6) is 11.5 Å². The van der Waals surface area contributed by atoms with E-state index < -0.39 is 0 Å². The zero-order valence-corrected chi connectivity index (χ0v) is 15.0. The minimum Gasteiger partial charge on any atom is -0.490 e. The normalized spacial score (nSPS) is 17.4. The van der Waals surface area contributed by atoms with E-state index in [2.05, 4.69) is 34.2 Å². The average molecular weight is 356 g/mol. The van der Waals surface area contributed by atoms with Gasteiger partial charge in [0.25, 0.3) is 0 Å². The third-order valence-corrected chi connectivity index (χ3v) is 4.89. The molecule has 1 aromatic carbocycles. The number of hydrogen-bond donors (Lipinski definition) is 1. The lowest BCUT2D eigenvalue weighted by Gasteiger charge is -2.26. The van der Waals surface area contributed by atoms with Crippen molar-refractivity contribution >= 4 is 15.9 Å². The molecule has 4 heteroatoms. The molecular formula is C17H26BrNO2. The number of halogens is 1. The summed E-state index contributed by atoms with van der Waals surface area (Å²) in [5.41, 5.74) is 1.25. The van der Waals surface area contributed by atoms with E-state index in [1.165, 1.54) is 18.4 Å². The van der Waals surface area contributed by atoms with Gasteiger partial charge in [-0.2, -0.15) is 0 Å². The maximum atomic E-state index is 5.76. The van der Waals surface area contributed by atoms with Crippen LogP contribution in [0.15, 0.2) is 16.6 Å². The first kappa shape index (κ1) is 16.6. The third kappa shape index (κ3) is 3.92. The maximum Gasteiger partial charge on any atom is 0.162 e. The lowest BCUT2D eigenvalue weighted by atomic mass is 9.90. The van der Waals surface area contributed by atoms with Crippen LogP contribution in [0.2, 0.25) is 0 Å². The molecule has 0 spiro atoms. The smallest absolute Gasteiger partial charge is 0.162 e. The molecule has 2 rings (SSSR count). The van der Waals surface area contributed by atoms with Crippen molar-refractivity contribution in [3.8, 4) is 11.5 Å². The highest BCUT2D eigenvalue weighted by Gasteiger charge is 2.34. The number of nitrogens with one attached hydrogen (secondary N) is 1.